The van der Waals surface area contributed by atoms with E-state index in [1.165, 1.54) is 11.1 Å². The highest BCUT2D eigenvalue weighted by Gasteiger charge is 2.17. The summed E-state index contributed by atoms with van der Waals surface area (Å²) in [4.78, 5) is 0. The lowest BCUT2D eigenvalue weighted by Crippen LogP contribution is -2.35. The molecule has 4 heteroatoms. The SMILES string of the molecule is COc1ccc([C@@H](NC(=S)Nc2ccccc2C)C(C)C)cc1. The largest absolute Gasteiger partial charge is 0.497 e. The summed E-state index contributed by atoms with van der Waals surface area (Å²) in [6.07, 6.45) is 0. The Morgan fingerprint density at radius 2 is 1.70 bits per heavy atom. The Hall–Kier alpha value is -2.07. The topological polar surface area (TPSA) is 33.3 Å². The molecule has 0 heterocycles. The van der Waals surface area contributed by atoms with Crippen molar-refractivity contribution in [3.05, 3.63) is 59.7 Å². The second-order valence-electron chi connectivity index (χ2n) is 5.91. The minimum atomic E-state index is 0.143. The molecule has 0 aliphatic heterocycles. The maximum Gasteiger partial charge on any atom is 0.171 e. The summed E-state index contributed by atoms with van der Waals surface area (Å²) in [5.41, 5.74) is 3.39. The van der Waals surface area contributed by atoms with E-state index >= 15 is 0 Å². The second kappa shape index (κ2) is 7.97. The van der Waals surface area contributed by atoms with Crippen molar-refractivity contribution in [3.63, 3.8) is 0 Å². The van der Waals surface area contributed by atoms with Crippen molar-refractivity contribution < 1.29 is 4.74 Å². The van der Waals surface area contributed by atoms with E-state index in [1.54, 1.807) is 7.11 Å². The van der Waals surface area contributed by atoms with Crippen LogP contribution in [0.3, 0.4) is 0 Å². The van der Waals surface area contributed by atoms with Crippen LogP contribution in [0.1, 0.15) is 31.0 Å². The van der Waals surface area contributed by atoms with Crippen molar-refractivity contribution >= 4 is 23.0 Å². The zero-order valence-electron chi connectivity index (χ0n) is 14.1. The van der Waals surface area contributed by atoms with Gasteiger partial charge in [-0.25, -0.2) is 0 Å². The molecule has 2 N–H and O–H groups in total. The summed E-state index contributed by atoms with van der Waals surface area (Å²) in [6, 6.07) is 16.4. The first-order valence-electron chi connectivity index (χ1n) is 7.78. The predicted molar refractivity (Wildman–Crippen MR) is 101 cm³/mol. The summed E-state index contributed by atoms with van der Waals surface area (Å²) in [6.45, 7) is 6.42. The average Bonchev–Trinajstić information content (AvgIpc) is 2.55. The van der Waals surface area contributed by atoms with E-state index < -0.39 is 0 Å². The molecule has 0 radical (unpaired) electrons. The lowest BCUT2D eigenvalue weighted by atomic mass is 9.96. The Kier molecular flexibility index (Phi) is 5.99. The third-order valence-electron chi connectivity index (χ3n) is 3.82. The van der Waals surface area contributed by atoms with Crippen LogP contribution < -0.4 is 15.4 Å². The number of rotatable bonds is 5. The van der Waals surface area contributed by atoms with Crippen LogP contribution in [0.25, 0.3) is 0 Å². The molecule has 1 atom stereocenters. The quantitative estimate of drug-likeness (QED) is 0.780. The van der Waals surface area contributed by atoms with Gasteiger partial charge in [-0.05, 0) is 54.4 Å². The standard InChI is InChI=1S/C19H24N2OS/c1-13(2)18(15-9-11-16(22-4)12-10-15)21-19(23)20-17-8-6-5-7-14(17)3/h5-13,18H,1-4H3,(H2,20,21,23)/t18-/m0/s1. The maximum atomic E-state index is 5.49. The number of benzene rings is 2. The number of hydrogen-bond donors (Lipinski definition) is 2. The smallest absolute Gasteiger partial charge is 0.171 e. The molecular weight excluding hydrogens is 304 g/mol. The van der Waals surface area contributed by atoms with E-state index in [0.29, 0.717) is 11.0 Å². The predicted octanol–water partition coefficient (Wildman–Crippen LogP) is 4.69. The first-order chi connectivity index (χ1) is 11.0. The number of nitrogens with one attached hydrogen (secondary N) is 2. The number of hydrogen-bond acceptors (Lipinski definition) is 2. The molecule has 122 valence electrons. The summed E-state index contributed by atoms with van der Waals surface area (Å²) >= 11 is 5.49. The molecule has 0 saturated carbocycles. The van der Waals surface area contributed by atoms with Crippen molar-refractivity contribution in [2.75, 3.05) is 12.4 Å². The molecule has 2 aromatic carbocycles. The van der Waals surface area contributed by atoms with Crippen LogP contribution >= 0.6 is 12.2 Å². The molecule has 2 rings (SSSR count). The molecule has 2 aromatic rings. The monoisotopic (exact) mass is 328 g/mol. The van der Waals surface area contributed by atoms with Crippen LogP contribution in [0, 0.1) is 12.8 Å². The van der Waals surface area contributed by atoms with Gasteiger partial charge in [0, 0.05) is 5.69 Å². The van der Waals surface area contributed by atoms with Gasteiger partial charge in [-0.3, -0.25) is 0 Å². The number of thiocarbonyl (C=S) groups is 1. The van der Waals surface area contributed by atoms with E-state index in [0.717, 1.165) is 11.4 Å². The van der Waals surface area contributed by atoms with E-state index in [1.807, 2.05) is 30.3 Å². The van der Waals surface area contributed by atoms with Gasteiger partial charge >= 0.3 is 0 Å². The summed E-state index contributed by atoms with van der Waals surface area (Å²) in [5.74, 6) is 1.26. The molecule has 0 aromatic heterocycles. The first kappa shape index (κ1) is 17.3. The molecule has 0 saturated heterocycles. The Labute approximate surface area is 144 Å². The molecule has 23 heavy (non-hydrogen) atoms. The normalized spacial score (nSPS) is 11.9. The van der Waals surface area contributed by atoms with Crippen LogP contribution in [0.15, 0.2) is 48.5 Å². The Morgan fingerprint density at radius 1 is 1.04 bits per heavy atom. The van der Waals surface area contributed by atoms with E-state index in [9.17, 15) is 0 Å². The molecule has 0 aliphatic carbocycles. The first-order valence-corrected chi connectivity index (χ1v) is 8.19. The zero-order valence-corrected chi connectivity index (χ0v) is 14.9. The summed E-state index contributed by atoms with van der Waals surface area (Å²) in [7, 11) is 1.68. The van der Waals surface area contributed by atoms with Gasteiger partial charge in [-0.2, -0.15) is 0 Å². The highest BCUT2D eigenvalue weighted by atomic mass is 32.1. The molecule has 0 unspecified atom stereocenters. The molecule has 0 bridgehead atoms. The van der Waals surface area contributed by atoms with Gasteiger partial charge in [0.05, 0.1) is 13.2 Å². The van der Waals surface area contributed by atoms with Crippen molar-refractivity contribution in [3.8, 4) is 5.75 Å². The Balaban J connectivity index is 2.09. The summed E-state index contributed by atoms with van der Waals surface area (Å²) < 4.78 is 5.22. The highest BCUT2D eigenvalue weighted by molar-refractivity contribution is 7.80. The summed E-state index contributed by atoms with van der Waals surface area (Å²) in [5, 5.41) is 7.34. The zero-order chi connectivity index (χ0) is 16.8. The fourth-order valence-electron chi connectivity index (χ4n) is 2.46. The van der Waals surface area contributed by atoms with Gasteiger partial charge in [-0.15, -0.1) is 0 Å². The number of para-hydroxylation sites is 1. The third-order valence-corrected chi connectivity index (χ3v) is 4.04. The molecule has 0 aliphatic rings. The van der Waals surface area contributed by atoms with E-state index in [2.05, 4.69) is 49.6 Å². The van der Waals surface area contributed by atoms with E-state index in [-0.39, 0.29) is 6.04 Å². The number of methoxy groups -OCH3 is 1. The fraction of sp³-hybridized carbons (Fsp3) is 0.316. The fourth-order valence-corrected chi connectivity index (χ4v) is 2.70. The van der Waals surface area contributed by atoms with Crippen molar-refractivity contribution in [1.82, 2.24) is 5.32 Å². The second-order valence-corrected chi connectivity index (χ2v) is 6.32. The highest BCUT2D eigenvalue weighted by Crippen LogP contribution is 2.24. The maximum absolute atomic E-state index is 5.49. The molecule has 0 spiro atoms. The van der Waals surface area contributed by atoms with Crippen LogP contribution in [0.2, 0.25) is 0 Å². The molecular formula is C19H24N2OS. The lowest BCUT2D eigenvalue weighted by Gasteiger charge is -2.25. The van der Waals surface area contributed by atoms with Gasteiger partial charge in [0.1, 0.15) is 5.75 Å². The number of ether oxygens (including phenoxy) is 1. The van der Waals surface area contributed by atoms with E-state index in [4.69, 9.17) is 17.0 Å². The van der Waals surface area contributed by atoms with Crippen LogP contribution in [0.4, 0.5) is 5.69 Å². The van der Waals surface area contributed by atoms with Gasteiger partial charge in [0.15, 0.2) is 5.11 Å². The molecule has 0 amide bonds. The lowest BCUT2D eigenvalue weighted by molar-refractivity contribution is 0.413. The van der Waals surface area contributed by atoms with Crippen molar-refractivity contribution in [2.45, 2.75) is 26.8 Å². The number of aryl methyl sites for hydroxylation is 1. The van der Waals surface area contributed by atoms with Gasteiger partial charge < -0.3 is 15.4 Å². The molecule has 0 fully saturated rings. The minimum absolute atomic E-state index is 0.143. The van der Waals surface area contributed by atoms with Gasteiger partial charge in [-0.1, -0.05) is 44.2 Å². The average molecular weight is 328 g/mol. The van der Waals surface area contributed by atoms with Gasteiger partial charge in [0.2, 0.25) is 0 Å². The van der Waals surface area contributed by atoms with Crippen molar-refractivity contribution in [1.29, 1.82) is 0 Å². The van der Waals surface area contributed by atoms with Crippen LogP contribution in [-0.4, -0.2) is 12.2 Å². The van der Waals surface area contributed by atoms with Gasteiger partial charge in [0.25, 0.3) is 0 Å². The number of anilines is 1. The minimum Gasteiger partial charge on any atom is -0.497 e. The Morgan fingerprint density at radius 3 is 2.26 bits per heavy atom. The van der Waals surface area contributed by atoms with Crippen LogP contribution in [-0.2, 0) is 0 Å². The van der Waals surface area contributed by atoms with Crippen molar-refractivity contribution in [2.24, 2.45) is 5.92 Å². The van der Waals surface area contributed by atoms with Crippen LogP contribution in [0.5, 0.6) is 5.75 Å². The third kappa shape index (κ3) is 4.70. The Bertz CT molecular complexity index is 653. The molecule has 3 nitrogen and oxygen atoms in total.